The Morgan fingerprint density at radius 1 is 1.44 bits per heavy atom. The van der Waals surface area contributed by atoms with Crippen molar-refractivity contribution in [1.29, 1.82) is 0 Å². The van der Waals surface area contributed by atoms with E-state index in [0.717, 1.165) is 19.3 Å². The largest absolute Gasteiger partial charge is 0.392 e. The van der Waals surface area contributed by atoms with Gasteiger partial charge in [-0.3, -0.25) is 4.79 Å². The maximum Gasteiger partial charge on any atom is 0.136 e. The topological polar surface area (TPSA) is 57.5 Å². The van der Waals surface area contributed by atoms with Crippen LogP contribution in [0.2, 0.25) is 0 Å². The molecule has 0 heterocycles. The Morgan fingerprint density at radius 3 is 2.61 bits per heavy atom. The highest BCUT2D eigenvalue weighted by Gasteiger charge is 2.30. The predicted molar refractivity (Wildman–Crippen MR) is 72.2 cm³/mol. The van der Waals surface area contributed by atoms with Crippen LogP contribution >= 0.6 is 0 Å². The molecule has 0 aromatic rings. The molecule has 1 aliphatic carbocycles. The Labute approximate surface area is 110 Å². The van der Waals surface area contributed by atoms with Gasteiger partial charge in [0.2, 0.25) is 0 Å². The van der Waals surface area contributed by atoms with Gasteiger partial charge in [-0.05, 0) is 11.8 Å². The number of aliphatic hydroxyl groups excluding tert-OH is 2. The van der Waals surface area contributed by atoms with E-state index in [9.17, 15) is 15.0 Å². The van der Waals surface area contributed by atoms with Crippen molar-refractivity contribution in [2.45, 2.75) is 65.1 Å². The lowest BCUT2D eigenvalue weighted by Crippen LogP contribution is -2.27. The molecule has 1 saturated carbocycles. The minimum atomic E-state index is -0.570. The van der Waals surface area contributed by atoms with Gasteiger partial charge >= 0.3 is 0 Å². The maximum atomic E-state index is 11.2. The molecule has 18 heavy (non-hydrogen) atoms. The number of aliphatic hydroxyl groups is 2. The Hall–Kier alpha value is -0.670. The van der Waals surface area contributed by atoms with Gasteiger partial charge in [0, 0.05) is 18.8 Å². The Balaban J connectivity index is 2.52. The molecule has 0 aromatic carbocycles. The van der Waals surface area contributed by atoms with Gasteiger partial charge in [0.05, 0.1) is 12.2 Å². The van der Waals surface area contributed by atoms with Crippen molar-refractivity contribution in [1.82, 2.24) is 0 Å². The van der Waals surface area contributed by atoms with Crippen molar-refractivity contribution < 1.29 is 15.0 Å². The van der Waals surface area contributed by atoms with Crippen LogP contribution in [0.4, 0.5) is 0 Å². The Bertz CT molecular complexity index is 307. The second kappa shape index (κ2) is 6.48. The number of hydrogen-bond acceptors (Lipinski definition) is 3. The number of Topliss-reactive ketones (excluding diaryl/α,β-unsaturated/α-hetero) is 1. The van der Waals surface area contributed by atoms with Gasteiger partial charge in [0.25, 0.3) is 0 Å². The highest BCUT2D eigenvalue weighted by molar-refractivity contribution is 5.81. The van der Waals surface area contributed by atoms with Gasteiger partial charge in [-0.1, -0.05) is 45.8 Å². The van der Waals surface area contributed by atoms with Crippen LogP contribution in [0.15, 0.2) is 12.2 Å². The fraction of sp³-hybridized carbons (Fsp3) is 0.800. The van der Waals surface area contributed by atoms with Crippen molar-refractivity contribution in [2.75, 3.05) is 0 Å². The summed E-state index contributed by atoms with van der Waals surface area (Å²) < 4.78 is 0. The lowest BCUT2D eigenvalue weighted by Gasteiger charge is -2.28. The fourth-order valence-electron chi connectivity index (χ4n) is 2.35. The number of ketones is 1. The van der Waals surface area contributed by atoms with E-state index in [-0.39, 0.29) is 23.5 Å². The predicted octanol–water partition coefficient (Wildman–Crippen LogP) is 2.46. The van der Waals surface area contributed by atoms with E-state index in [4.69, 9.17) is 0 Å². The summed E-state index contributed by atoms with van der Waals surface area (Å²) >= 11 is 0. The average molecular weight is 254 g/mol. The van der Waals surface area contributed by atoms with Crippen LogP contribution in [0, 0.1) is 11.3 Å². The van der Waals surface area contributed by atoms with Crippen LogP contribution in [0.5, 0.6) is 0 Å². The molecule has 3 nitrogen and oxygen atoms in total. The zero-order valence-electron chi connectivity index (χ0n) is 11.7. The van der Waals surface area contributed by atoms with Gasteiger partial charge in [0.1, 0.15) is 5.78 Å². The van der Waals surface area contributed by atoms with Crippen molar-refractivity contribution in [2.24, 2.45) is 11.3 Å². The van der Waals surface area contributed by atoms with E-state index < -0.39 is 12.2 Å². The summed E-state index contributed by atoms with van der Waals surface area (Å²) in [7, 11) is 0. The van der Waals surface area contributed by atoms with Crippen molar-refractivity contribution in [3.8, 4) is 0 Å². The van der Waals surface area contributed by atoms with Crippen LogP contribution in [0.1, 0.15) is 52.9 Å². The molecule has 2 N–H and O–H groups in total. The van der Waals surface area contributed by atoms with Crippen molar-refractivity contribution in [3.05, 3.63) is 12.2 Å². The molecule has 1 rings (SSSR count). The molecule has 3 heteroatoms. The minimum absolute atomic E-state index is 0.108. The summed E-state index contributed by atoms with van der Waals surface area (Å²) in [4.78, 5) is 11.2. The Morgan fingerprint density at radius 2 is 2.11 bits per heavy atom. The zero-order chi connectivity index (χ0) is 13.8. The van der Waals surface area contributed by atoms with Crippen LogP contribution in [0.3, 0.4) is 0 Å². The molecule has 1 aliphatic rings. The van der Waals surface area contributed by atoms with Crippen molar-refractivity contribution >= 4 is 5.78 Å². The molecule has 0 bridgehead atoms. The quantitative estimate of drug-likeness (QED) is 0.716. The molecule has 0 amide bonds. The average Bonchev–Trinajstić information content (AvgIpc) is 2.62. The molecule has 0 aromatic heterocycles. The number of carbonyl (C=O) groups is 1. The van der Waals surface area contributed by atoms with Gasteiger partial charge in [-0.25, -0.2) is 0 Å². The normalized spacial score (nSPS) is 27.1. The summed E-state index contributed by atoms with van der Waals surface area (Å²) in [6, 6.07) is 0. The lowest BCUT2D eigenvalue weighted by molar-refractivity contribution is -0.117. The zero-order valence-corrected chi connectivity index (χ0v) is 11.7. The molecular weight excluding hydrogens is 228 g/mol. The third kappa shape index (κ3) is 4.21. The number of carbonyl (C=O) groups excluding carboxylic acids is 1. The van der Waals surface area contributed by atoms with Gasteiger partial charge in [-0.2, -0.15) is 0 Å². The first kappa shape index (κ1) is 15.4. The SMILES string of the molecule is CCCCC(C)(C)C(O)/C=C/[C@@H]1CC(=O)CC1O. The van der Waals surface area contributed by atoms with Gasteiger partial charge in [-0.15, -0.1) is 0 Å². The first-order chi connectivity index (χ1) is 8.36. The van der Waals surface area contributed by atoms with Crippen LogP contribution in [-0.4, -0.2) is 28.2 Å². The second-order valence-electron chi connectivity index (χ2n) is 6.10. The molecule has 0 saturated heterocycles. The van der Waals surface area contributed by atoms with Gasteiger partial charge < -0.3 is 10.2 Å². The monoisotopic (exact) mass is 254 g/mol. The second-order valence-corrected chi connectivity index (χ2v) is 6.10. The Kier molecular flexibility index (Phi) is 5.54. The molecule has 104 valence electrons. The standard InChI is InChI=1S/C15H26O3/c1-4-5-8-15(2,3)14(18)7-6-11-9-12(16)10-13(11)17/h6-7,11,13-14,17-18H,4-5,8-10H2,1-3H3/b7-6+/t11-,13?,14?/m1/s1. The van der Waals surface area contributed by atoms with Crippen LogP contribution < -0.4 is 0 Å². The van der Waals surface area contributed by atoms with E-state index in [2.05, 4.69) is 6.92 Å². The minimum Gasteiger partial charge on any atom is -0.392 e. The molecule has 0 spiro atoms. The summed E-state index contributed by atoms with van der Waals surface area (Å²) in [5, 5.41) is 19.8. The fourth-order valence-corrected chi connectivity index (χ4v) is 2.35. The smallest absolute Gasteiger partial charge is 0.136 e. The molecule has 2 unspecified atom stereocenters. The highest BCUT2D eigenvalue weighted by atomic mass is 16.3. The number of rotatable bonds is 6. The molecule has 0 aliphatic heterocycles. The first-order valence-electron chi connectivity index (χ1n) is 6.93. The van der Waals surface area contributed by atoms with Crippen LogP contribution in [0.25, 0.3) is 0 Å². The number of unbranched alkanes of at least 4 members (excludes halogenated alkanes) is 1. The summed E-state index contributed by atoms with van der Waals surface area (Å²) in [5.41, 5.74) is -0.153. The summed E-state index contributed by atoms with van der Waals surface area (Å²) in [6.07, 6.45) is 6.33. The van der Waals surface area contributed by atoms with Crippen molar-refractivity contribution in [3.63, 3.8) is 0 Å². The van der Waals surface area contributed by atoms with E-state index in [1.54, 1.807) is 6.08 Å². The van der Waals surface area contributed by atoms with E-state index in [1.165, 1.54) is 0 Å². The van der Waals surface area contributed by atoms with E-state index >= 15 is 0 Å². The molecule has 0 radical (unpaired) electrons. The van der Waals surface area contributed by atoms with Gasteiger partial charge in [0.15, 0.2) is 0 Å². The molecule has 3 atom stereocenters. The first-order valence-corrected chi connectivity index (χ1v) is 6.93. The third-order valence-corrected chi connectivity index (χ3v) is 3.91. The third-order valence-electron chi connectivity index (χ3n) is 3.91. The van der Waals surface area contributed by atoms with E-state index in [1.807, 2.05) is 19.9 Å². The lowest BCUT2D eigenvalue weighted by atomic mass is 9.81. The maximum absolute atomic E-state index is 11.2. The molecular formula is C15H26O3. The molecule has 1 fully saturated rings. The number of hydrogen-bond donors (Lipinski definition) is 2. The van der Waals surface area contributed by atoms with E-state index in [0.29, 0.717) is 6.42 Å². The van der Waals surface area contributed by atoms with Crippen LogP contribution in [-0.2, 0) is 4.79 Å². The summed E-state index contributed by atoms with van der Waals surface area (Å²) in [5.74, 6) is -0.00833. The summed E-state index contributed by atoms with van der Waals surface area (Å²) in [6.45, 7) is 6.24. The highest BCUT2D eigenvalue weighted by Crippen LogP contribution is 2.30.